The fourth-order valence-corrected chi connectivity index (χ4v) is 3.03. The van der Waals surface area contributed by atoms with Crippen molar-refractivity contribution < 1.29 is 4.79 Å². The van der Waals surface area contributed by atoms with Crippen LogP contribution in [0.2, 0.25) is 0 Å². The molecule has 1 aliphatic heterocycles. The lowest BCUT2D eigenvalue weighted by molar-refractivity contribution is -0.118. The summed E-state index contributed by atoms with van der Waals surface area (Å²) in [4.78, 5) is 12.2. The standard InChI is InChI=1S/C16H21N3O/c1-2-19-16-8-4-3-7-14(16)15(18-19)11-13(20)10-12-6-5-9-17-12/h3-4,7-8,12,17H,2,5-6,9-11H2,1H3. The average molecular weight is 271 g/mol. The van der Waals surface area contributed by atoms with E-state index in [1.807, 2.05) is 16.8 Å². The molecule has 1 aliphatic rings. The SMILES string of the molecule is CCn1nc(CC(=O)CC2CCCN2)c2ccccc21. The van der Waals surface area contributed by atoms with Crippen molar-refractivity contribution in [2.75, 3.05) is 6.54 Å². The van der Waals surface area contributed by atoms with Crippen LogP contribution in [0, 0.1) is 0 Å². The summed E-state index contributed by atoms with van der Waals surface area (Å²) in [6, 6.07) is 8.53. The molecule has 1 atom stereocenters. The minimum Gasteiger partial charge on any atom is -0.314 e. The second-order valence-electron chi connectivity index (χ2n) is 5.49. The number of hydrogen-bond donors (Lipinski definition) is 1. The van der Waals surface area contributed by atoms with Gasteiger partial charge in [-0.2, -0.15) is 5.10 Å². The number of carbonyl (C=O) groups is 1. The van der Waals surface area contributed by atoms with Crippen molar-refractivity contribution in [3.63, 3.8) is 0 Å². The molecule has 20 heavy (non-hydrogen) atoms. The fourth-order valence-electron chi connectivity index (χ4n) is 3.03. The van der Waals surface area contributed by atoms with E-state index in [0.29, 0.717) is 18.9 Å². The first-order valence-corrected chi connectivity index (χ1v) is 7.47. The van der Waals surface area contributed by atoms with Crippen LogP contribution < -0.4 is 5.32 Å². The van der Waals surface area contributed by atoms with Crippen molar-refractivity contribution in [1.29, 1.82) is 0 Å². The number of hydrogen-bond acceptors (Lipinski definition) is 3. The molecule has 1 N–H and O–H groups in total. The number of Topliss-reactive ketones (excluding diaryl/α,β-unsaturated/α-hetero) is 1. The highest BCUT2D eigenvalue weighted by molar-refractivity contribution is 5.88. The van der Waals surface area contributed by atoms with Crippen LogP contribution in [0.3, 0.4) is 0 Å². The monoisotopic (exact) mass is 271 g/mol. The number of nitrogens with zero attached hydrogens (tertiary/aromatic N) is 2. The van der Waals surface area contributed by atoms with E-state index in [9.17, 15) is 4.79 Å². The van der Waals surface area contributed by atoms with Crippen molar-refractivity contribution in [1.82, 2.24) is 15.1 Å². The first kappa shape index (κ1) is 13.3. The summed E-state index contributed by atoms with van der Waals surface area (Å²) in [5.41, 5.74) is 2.04. The first-order chi connectivity index (χ1) is 9.78. The molecular formula is C16H21N3O. The maximum atomic E-state index is 12.2. The summed E-state index contributed by atoms with van der Waals surface area (Å²) in [5.74, 6) is 0.288. The predicted molar refractivity (Wildman–Crippen MR) is 79.8 cm³/mol. The number of aromatic nitrogens is 2. The van der Waals surface area contributed by atoms with E-state index in [1.165, 1.54) is 6.42 Å². The van der Waals surface area contributed by atoms with Gasteiger partial charge in [0.1, 0.15) is 5.78 Å². The number of aryl methyl sites for hydroxylation is 1. The van der Waals surface area contributed by atoms with E-state index in [0.717, 1.165) is 36.1 Å². The predicted octanol–water partition coefficient (Wildman–Crippen LogP) is 2.31. The molecule has 3 rings (SSSR count). The molecule has 4 heteroatoms. The van der Waals surface area contributed by atoms with Crippen LogP contribution in [-0.2, 0) is 17.8 Å². The molecule has 0 amide bonds. The lowest BCUT2D eigenvalue weighted by Gasteiger charge is -2.07. The Balaban J connectivity index is 1.78. The van der Waals surface area contributed by atoms with Gasteiger partial charge in [0, 0.05) is 24.4 Å². The van der Waals surface area contributed by atoms with E-state index in [4.69, 9.17) is 0 Å². The lowest BCUT2D eigenvalue weighted by Crippen LogP contribution is -2.25. The number of rotatable bonds is 5. The molecule has 1 unspecified atom stereocenters. The number of para-hydroxylation sites is 1. The third-order valence-electron chi connectivity index (χ3n) is 4.04. The molecule has 1 saturated heterocycles. The second-order valence-corrected chi connectivity index (χ2v) is 5.49. The molecule has 0 spiro atoms. The van der Waals surface area contributed by atoms with Crippen LogP contribution >= 0.6 is 0 Å². The molecule has 1 aromatic carbocycles. The van der Waals surface area contributed by atoms with Crippen molar-refractivity contribution in [2.45, 2.75) is 45.2 Å². The van der Waals surface area contributed by atoms with Crippen molar-refractivity contribution in [3.05, 3.63) is 30.0 Å². The van der Waals surface area contributed by atoms with Gasteiger partial charge in [-0.05, 0) is 32.4 Å². The number of benzene rings is 1. The van der Waals surface area contributed by atoms with Crippen LogP contribution in [0.4, 0.5) is 0 Å². The first-order valence-electron chi connectivity index (χ1n) is 7.47. The third-order valence-corrected chi connectivity index (χ3v) is 4.04. The van der Waals surface area contributed by atoms with Crippen molar-refractivity contribution >= 4 is 16.7 Å². The van der Waals surface area contributed by atoms with E-state index >= 15 is 0 Å². The Morgan fingerprint density at radius 2 is 2.30 bits per heavy atom. The average Bonchev–Trinajstić information content (AvgIpc) is 3.07. The topological polar surface area (TPSA) is 46.9 Å². The van der Waals surface area contributed by atoms with Gasteiger partial charge in [-0.25, -0.2) is 0 Å². The zero-order chi connectivity index (χ0) is 13.9. The summed E-state index contributed by atoms with van der Waals surface area (Å²) in [7, 11) is 0. The summed E-state index contributed by atoms with van der Waals surface area (Å²) >= 11 is 0. The van der Waals surface area contributed by atoms with Gasteiger partial charge in [-0.3, -0.25) is 9.48 Å². The maximum absolute atomic E-state index is 12.2. The van der Waals surface area contributed by atoms with Crippen LogP contribution in [-0.4, -0.2) is 28.2 Å². The van der Waals surface area contributed by atoms with Gasteiger partial charge in [0.25, 0.3) is 0 Å². The highest BCUT2D eigenvalue weighted by Gasteiger charge is 2.19. The van der Waals surface area contributed by atoms with Crippen LogP contribution in [0.1, 0.15) is 31.9 Å². The molecule has 0 aliphatic carbocycles. The quantitative estimate of drug-likeness (QED) is 0.907. The second kappa shape index (κ2) is 5.75. The summed E-state index contributed by atoms with van der Waals surface area (Å²) < 4.78 is 1.98. The van der Waals surface area contributed by atoms with Gasteiger partial charge < -0.3 is 5.32 Å². The normalized spacial score (nSPS) is 18.8. The summed E-state index contributed by atoms with van der Waals surface area (Å²) in [6.07, 6.45) is 3.39. The minimum absolute atomic E-state index is 0.288. The Bertz CT molecular complexity index is 611. The number of carbonyl (C=O) groups excluding carboxylic acids is 1. The lowest BCUT2D eigenvalue weighted by atomic mass is 10.0. The van der Waals surface area contributed by atoms with Gasteiger partial charge in [0.05, 0.1) is 17.6 Å². The number of nitrogens with one attached hydrogen (secondary N) is 1. The van der Waals surface area contributed by atoms with Gasteiger partial charge >= 0.3 is 0 Å². The molecule has 0 radical (unpaired) electrons. The van der Waals surface area contributed by atoms with Crippen molar-refractivity contribution in [2.24, 2.45) is 0 Å². The third kappa shape index (κ3) is 2.61. The van der Waals surface area contributed by atoms with E-state index < -0.39 is 0 Å². The van der Waals surface area contributed by atoms with Crippen LogP contribution in [0.15, 0.2) is 24.3 Å². The van der Waals surface area contributed by atoms with Gasteiger partial charge in [-0.1, -0.05) is 18.2 Å². The molecule has 106 valence electrons. The van der Waals surface area contributed by atoms with Crippen LogP contribution in [0.25, 0.3) is 10.9 Å². The Kier molecular flexibility index (Phi) is 3.83. The largest absolute Gasteiger partial charge is 0.314 e. The molecular weight excluding hydrogens is 250 g/mol. The Morgan fingerprint density at radius 3 is 3.05 bits per heavy atom. The maximum Gasteiger partial charge on any atom is 0.140 e. The molecule has 0 saturated carbocycles. The van der Waals surface area contributed by atoms with Gasteiger partial charge in [0.15, 0.2) is 0 Å². The van der Waals surface area contributed by atoms with Crippen LogP contribution in [0.5, 0.6) is 0 Å². The summed E-state index contributed by atoms with van der Waals surface area (Å²) in [5, 5.41) is 9.09. The highest BCUT2D eigenvalue weighted by Crippen LogP contribution is 2.20. The highest BCUT2D eigenvalue weighted by atomic mass is 16.1. The van der Waals surface area contributed by atoms with Gasteiger partial charge in [0.2, 0.25) is 0 Å². The smallest absolute Gasteiger partial charge is 0.140 e. The molecule has 1 fully saturated rings. The Labute approximate surface area is 119 Å². The Hall–Kier alpha value is -1.68. The minimum atomic E-state index is 0.288. The molecule has 4 nitrogen and oxygen atoms in total. The van der Waals surface area contributed by atoms with E-state index in [1.54, 1.807) is 0 Å². The summed E-state index contributed by atoms with van der Waals surface area (Å²) in [6.45, 7) is 3.96. The molecule has 2 aromatic rings. The van der Waals surface area contributed by atoms with Gasteiger partial charge in [-0.15, -0.1) is 0 Å². The van der Waals surface area contributed by atoms with Crippen molar-refractivity contribution in [3.8, 4) is 0 Å². The number of fused-ring (bicyclic) bond motifs is 1. The molecule has 0 bridgehead atoms. The fraction of sp³-hybridized carbons (Fsp3) is 0.500. The molecule has 1 aromatic heterocycles. The zero-order valence-corrected chi connectivity index (χ0v) is 11.9. The van der Waals surface area contributed by atoms with E-state index in [-0.39, 0.29) is 5.78 Å². The molecule has 2 heterocycles. The number of ketones is 1. The zero-order valence-electron chi connectivity index (χ0n) is 11.9. The Morgan fingerprint density at radius 1 is 1.45 bits per heavy atom. The van der Waals surface area contributed by atoms with E-state index in [2.05, 4.69) is 29.5 Å².